The van der Waals surface area contributed by atoms with Crippen molar-refractivity contribution in [1.82, 2.24) is 0 Å². The molecule has 6 rings (SSSR count). The fraction of sp³-hybridized carbons (Fsp3) is 0.244. The summed E-state index contributed by atoms with van der Waals surface area (Å²) >= 11 is 0. The van der Waals surface area contributed by atoms with Crippen molar-refractivity contribution in [2.75, 3.05) is 12.3 Å². The summed E-state index contributed by atoms with van der Waals surface area (Å²) in [6.07, 6.45) is 22.3. The first-order valence-electron chi connectivity index (χ1n) is 17.7. The van der Waals surface area contributed by atoms with Crippen LogP contribution < -0.4 is 26.5 Å². The molecule has 5 aromatic carbocycles. The van der Waals surface area contributed by atoms with Gasteiger partial charge in [0.2, 0.25) is 0 Å². The molecule has 0 aliphatic heterocycles. The van der Waals surface area contributed by atoms with E-state index in [0.29, 0.717) is 5.66 Å². The third kappa shape index (κ3) is 7.78. The van der Waals surface area contributed by atoms with Crippen molar-refractivity contribution in [2.45, 2.75) is 57.0 Å². The van der Waals surface area contributed by atoms with Crippen LogP contribution >= 0.6 is 14.5 Å². The minimum absolute atomic E-state index is 0.583. The number of hydrogen-bond donors (Lipinski definition) is 0. The first-order chi connectivity index (χ1) is 23.3. The molecule has 1 aliphatic rings. The Balaban J connectivity index is 1.08. The number of benzene rings is 5. The van der Waals surface area contributed by atoms with Crippen LogP contribution in [-0.2, 0) is 0 Å². The van der Waals surface area contributed by atoms with Crippen molar-refractivity contribution in [1.29, 1.82) is 0 Å². The van der Waals surface area contributed by atoms with E-state index in [0.717, 1.165) is 6.42 Å². The summed E-state index contributed by atoms with van der Waals surface area (Å²) in [6.45, 7) is 0. The molecular weight excluding hydrogens is 602 g/mol. The van der Waals surface area contributed by atoms with E-state index in [9.17, 15) is 0 Å². The Morgan fingerprint density at radius 3 is 1.13 bits per heavy atom. The van der Waals surface area contributed by atoms with E-state index in [1.165, 1.54) is 73.2 Å². The lowest BCUT2D eigenvalue weighted by atomic mass is 10.1. The van der Waals surface area contributed by atoms with Crippen molar-refractivity contribution in [3.63, 3.8) is 0 Å². The van der Waals surface area contributed by atoms with Gasteiger partial charge in [0.1, 0.15) is 28.8 Å². The lowest BCUT2D eigenvalue weighted by Gasteiger charge is -2.34. The lowest BCUT2D eigenvalue weighted by molar-refractivity contribution is 0.604. The van der Waals surface area contributed by atoms with Gasteiger partial charge in [-0.2, -0.15) is 0 Å². The predicted molar refractivity (Wildman–Crippen MR) is 213 cm³/mol. The second kappa shape index (κ2) is 17.0. The average Bonchev–Trinajstić information content (AvgIpc) is 3.16. The van der Waals surface area contributed by atoms with E-state index in [1.807, 2.05) is 0 Å². The fourth-order valence-electron chi connectivity index (χ4n) is 7.71. The van der Waals surface area contributed by atoms with E-state index >= 15 is 0 Å². The van der Waals surface area contributed by atoms with Gasteiger partial charge in [0.25, 0.3) is 0 Å². The highest BCUT2D eigenvalue weighted by Crippen LogP contribution is 2.63. The molecule has 0 N–H and O–H groups in total. The minimum Gasteiger partial charge on any atom is -0.0803 e. The van der Waals surface area contributed by atoms with Crippen molar-refractivity contribution in [2.24, 2.45) is 0 Å². The zero-order chi connectivity index (χ0) is 32.0. The Hall–Kier alpha value is -3.56. The molecule has 1 atom stereocenters. The number of unbranched alkanes of at least 4 members (excludes halogenated alkanes) is 6. The Bertz CT molecular complexity index is 1530. The topological polar surface area (TPSA) is 0 Å². The Labute approximate surface area is 285 Å². The molecule has 1 aliphatic carbocycles. The van der Waals surface area contributed by atoms with Gasteiger partial charge in [-0.15, -0.1) is 0 Å². The summed E-state index contributed by atoms with van der Waals surface area (Å²) in [7, 11) is -3.30. The van der Waals surface area contributed by atoms with Gasteiger partial charge in [-0.25, -0.2) is 0 Å². The lowest BCUT2D eigenvalue weighted by Crippen LogP contribution is -2.33. The smallest absolute Gasteiger partial charge is 0.0803 e. The van der Waals surface area contributed by atoms with Gasteiger partial charge in [0, 0.05) is 6.42 Å². The van der Waals surface area contributed by atoms with Crippen LogP contribution in [0.1, 0.15) is 51.4 Å². The molecule has 0 amide bonds. The Kier molecular flexibility index (Phi) is 12.1. The second-order valence-electron chi connectivity index (χ2n) is 12.9. The molecule has 1 unspecified atom stereocenters. The summed E-state index contributed by atoms with van der Waals surface area (Å²) in [5.74, 6) is 0. The van der Waals surface area contributed by atoms with Gasteiger partial charge in [-0.3, -0.25) is 0 Å². The SMILES string of the molecule is C1=CCC([P+](CCCCCCCCC[P+](c2ccccc2)(c2ccccc2)c2ccccc2)(c2ccccc2)c2ccccc2)C=C1. The van der Waals surface area contributed by atoms with Crippen molar-refractivity contribution >= 4 is 41.0 Å². The maximum Gasteiger partial charge on any atom is 0.112 e. The number of rotatable bonds is 16. The van der Waals surface area contributed by atoms with Gasteiger partial charge in [0.05, 0.1) is 30.2 Å². The molecule has 5 aromatic rings. The zero-order valence-corrected chi connectivity index (χ0v) is 29.6. The Morgan fingerprint density at radius 1 is 0.383 bits per heavy atom. The minimum atomic E-state index is -1.72. The van der Waals surface area contributed by atoms with E-state index in [4.69, 9.17) is 0 Å². The summed E-state index contributed by atoms with van der Waals surface area (Å²) < 4.78 is 0. The summed E-state index contributed by atoms with van der Waals surface area (Å²) in [4.78, 5) is 0. The molecule has 0 radical (unpaired) electrons. The average molecular weight is 653 g/mol. The summed E-state index contributed by atoms with van der Waals surface area (Å²) in [5, 5.41) is 7.65. The third-order valence-corrected chi connectivity index (χ3v) is 19.6. The quantitative estimate of drug-likeness (QED) is 0.0735. The maximum atomic E-state index is 2.51. The van der Waals surface area contributed by atoms with Gasteiger partial charge < -0.3 is 0 Å². The van der Waals surface area contributed by atoms with Crippen molar-refractivity contribution in [3.05, 3.63) is 176 Å². The molecule has 0 heterocycles. The molecule has 0 nitrogen and oxygen atoms in total. The standard InChI is InChI=1S/C45H50P2/c1(2-4-24-38-46(40-26-12-6-13-27-40,41-28-14-7-15-29-41)42-30-16-8-17-31-42)3-5-25-39-47(43-32-18-9-19-33-43,44-34-20-10-21-35-44)45-36-22-11-23-37-45/h6-23,26-36,45H,1-5,24-25,37-39H2/q+2. The molecule has 0 aromatic heterocycles. The highest BCUT2D eigenvalue weighted by molar-refractivity contribution is 7.95. The third-order valence-electron chi connectivity index (χ3n) is 10.1. The molecule has 0 fully saturated rings. The second-order valence-corrected chi connectivity index (χ2v) is 20.4. The molecule has 0 bridgehead atoms. The van der Waals surface area contributed by atoms with E-state index in [1.54, 1.807) is 10.6 Å². The molecule has 0 spiro atoms. The molecule has 47 heavy (non-hydrogen) atoms. The van der Waals surface area contributed by atoms with Crippen molar-refractivity contribution < 1.29 is 0 Å². The van der Waals surface area contributed by atoms with Crippen LogP contribution in [0, 0.1) is 0 Å². The van der Waals surface area contributed by atoms with Gasteiger partial charge >= 0.3 is 0 Å². The molecule has 0 saturated heterocycles. The first-order valence-corrected chi connectivity index (χ1v) is 21.7. The Morgan fingerprint density at radius 2 is 0.745 bits per heavy atom. The zero-order valence-electron chi connectivity index (χ0n) is 27.8. The van der Waals surface area contributed by atoms with Crippen LogP contribution in [0.15, 0.2) is 176 Å². The van der Waals surface area contributed by atoms with Gasteiger partial charge in [-0.1, -0.05) is 128 Å². The predicted octanol–water partition coefficient (Wildman–Crippen LogP) is 10.3. The van der Waals surface area contributed by atoms with Crippen LogP contribution in [0.25, 0.3) is 0 Å². The van der Waals surface area contributed by atoms with Gasteiger partial charge in [0.15, 0.2) is 0 Å². The molecule has 238 valence electrons. The normalized spacial score (nSPS) is 14.7. The van der Waals surface area contributed by atoms with Crippen molar-refractivity contribution in [3.8, 4) is 0 Å². The number of hydrogen-bond acceptors (Lipinski definition) is 0. The largest absolute Gasteiger partial charge is 0.112 e. The molecular formula is C45H50P2+2. The van der Waals surface area contributed by atoms with E-state index < -0.39 is 14.5 Å². The van der Waals surface area contributed by atoms with Crippen LogP contribution in [0.5, 0.6) is 0 Å². The maximum absolute atomic E-state index is 2.51. The molecule has 0 saturated carbocycles. The first kappa shape index (κ1) is 33.3. The van der Waals surface area contributed by atoms with Crippen LogP contribution in [-0.4, -0.2) is 18.0 Å². The summed E-state index contributed by atoms with van der Waals surface area (Å²) in [6, 6.07) is 57.1. The van der Waals surface area contributed by atoms with Crippen LogP contribution in [0.3, 0.4) is 0 Å². The van der Waals surface area contributed by atoms with Crippen LogP contribution in [0.2, 0.25) is 0 Å². The fourth-order valence-corrected chi connectivity index (χ4v) is 17.0. The monoisotopic (exact) mass is 652 g/mol. The van der Waals surface area contributed by atoms with Crippen LogP contribution in [0.4, 0.5) is 0 Å². The van der Waals surface area contributed by atoms with E-state index in [2.05, 4.69) is 176 Å². The highest BCUT2D eigenvalue weighted by atomic mass is 31.2. The van der Waals surface area contributed by atoms with Gasteiger partial charge in [-0.05, 0) is 92.4 Å². The summed E-state index contributed by atoms with van der Waals surface area (Å²) in [5.41, 5.74) is 0.583. The number of allylic oxidation sites excluding steroid dienone is 4. The van der Waals surface area contributed by atoms with E-state index in [-0.39, 0.29) is 0 Å². The molecule has 2 heteroatoms. The highest BCUT2D eigenvalue weighted by Gasteiger charge is 2.48.